The Morgan fingerprint density at radius 1 is 0.919 bits per heavy atom. The first-order valence-electron chi connectivity index (χ1n) is 15.5. The highest BCUT2D eigenvalue weighted by molar-refractivity contribution is 5.83. The number of fused-ring (bicyclic) bond motifs is 6. The summed E-state index contributed by atoms with van der Waals surface area (Å²) in [4.78, 5) is 13.7. The minimum absolute atomic E-state index is 0.0166. The Morgan fingerprint density at radius 2 is 1.57 bits per heavy atom. The van der Waals surface area contributed by atoms with E-state index in [1.54, 1.807) is 0 Å². The third-order valence-electron chi connectivity index (χ3n) is 12.7. The third-order valence-corrected chi connectivity index (χ3v) is 12.7. The van der Waals surface area contributed by atoms with Crippen LogP contribution in [0.5, 0.6) is 0 Å². The predicted octanol–water partition coefficient (Wildman–Crippen LogP) is 5.99. The fourth-order valence-corrected chi connectivity index (χ4v) is 10.8. The van der Waals surface area contributed by atoms with Crippen molar-refractivity contribution in [1.82, 2.24) is 0 Å². The van der Waals surface area contributed by atoms with Crippen LogP contribution in [0.2, 0.25) is 0 Å². The third kappa shape index (κ3) is 4.37. The molecule has 0 aromatic heterocycles. The van der Waals surface area contributed by atoms with E-state index < -0.39 is 18.0 Å². The van der Waals surface area contributed by atoms with E-state index in [2.05, 4.69) is 41.5 Å². The van der Waals surface area contributed by atoms with E-state index in [0.717, 1.165) is 44.9 Å². The summed E-state index contributed by atoms with van der Waals surface area (Å²) in [7, 11) is 0. The van der Waals surface area contributed by atoms with Crippen molar-refractivity contribution in [1.29, 1.82) is 0 Å². The van der Waals surface area contributed by atoms with Crippen LogP contribution in [0.4, 0.5) is 0 Å². The quantitative estimate of drug-likeness (QED) is 0.451. The molecule has 0 amide bonds. The van der Waals surface area contributed by atoms with Gasteiger partial charge in [0, 0.05) is 12.3 Å². The maximum Gasteiger partial charge on any atom is 0.163 e. The second-order valence-electron chi connectivity index (χ2n) is 15.1. The number of carbonyl (C=O) groups excluding carboxylic acids is 1. The Labute approximate surface area is 225 Å². The lowest BCUT2D eigenvalue weighted by Gasteiger charge is -2.61. The summed E-state index contributed by atoms with van der Waals surface area (Å²) in [6, 6.07) is 0. The molecule has 0 radical (unpaired) electrons. The molecule has 5 rings (SSSR count). The largest absolute Gasteiger partial charge is 0.390 e. The Morgan fingerprint density at radius 3 is 2.22 bits per heavy atom. The first-order chi connectivity index (χ1) is 17.2. The van der Waals surface area contributed by atoms with Gasteiger partial charge in [0.1, 0.15) is 5.78 Å². The van der Waals surface area contributed by atoms with E-state index in [0.29, 0.717) is 41.8 Å². The van der Waals surface area contributed by atoms with Gasteiger partial charge in [0.25, 0.3) is 0 Å². The number of ether oxygens (including phenoxy) is 2. The molecule has 212 valence electrons. The van der Waals surface area contributed by atoms with Gasteiger partial charge in [-0.15, -0.1) is 0 Å². The number of aliphatic hydroxyl groups is 2. The molecule has 0 spiro atoms. The molecule has 1 heterocycles. The van der Waals surface area contributed by atoms with Crippen LogP contribution >= 0.6 is 0 Å². The van der Waals surface area contributed by atoms with Crippen molar-refractivity contribution >= 4 is 5.78 Å². The normalized spacial score (nSPS) is 48.0. The van der Waals surface area contributed by atoms with Gasteiger partial charge < -0.3 is 19.7 Å². The zero-order chi connectivity index (χ0) is 27.1. The lowest BCUT2D eigenvalue weighted by molar-refractivity contribution is -0.165. The van der Waals surface area contributed by atoms with E-state index in [-0.39, 0.29) is 40.8 Å². The summed E-state index contributed by atoms with van der Waals surface area (Å²) in [5.74, 6) is 2.39. The van der Waals surface area contributed by atoms with Gasteiger partial charge in [-0.1, -0.05) is 48.0 Å². The number of Topliss-reactive ketones (excluding diaryl/α,β-unsaturated/α-hetero) is 1. The molecule has 4 saturated carbocycles. The topological polar surface area (TPSA) is 76.0 Å². The van der Waals surface area contributed by atoms with E-state index >= 15 is 0 Å². The summed E-state index contributed by atoms with van der Waals surface area (Å²) in [5.41, 5.74) is 0.105. The average molecular weight is 519 g/mol. The first-order valence-corrected chi connectivity index (χ1v) is 15.5. The molecule has 5 heteroatoms. The van der Waals surface area contributed by atoms with Gasteiger partial charge in [0.2, 0.25) is 0 Å². The fourth-order valence-electron chi connectivity index (χ4n) is 10.8. The van der Waals surface area contributed by atoms with Gasteiger partial charge in [-0.2, -0.15) is 0 Å². The maximum atomic E-state index is 13.7. The zero-order valence-electron chi connectivity index (χ0n) is 24.7. The molecule has 1 saturated heterocycles. The van der Waals surface area contributed by atoms with Crippen molar-refractivity contribution in [3.63, 3.8) is 0 Å². The van der Waals surface area contributed by atoms with Crippen LogP contribution in [0.25, 0.3) is 0 Å². The molecule has 5 fully saturated rings. The Hall–Kier alpha value is -0.490. The second kappa shape index (κ2) is 9.56. The van der Waals surface area contributed by atoms with Gasteiger partial charge in [0.15, 0.2) is 5.79 Å². The van der Waals surface area contributed by atoms with Gasteiger partial charge >= 0.3 is 0 Å². The van der Waals surface area contributed by atoms with Gasteiger partial charge in [-0.3, -0.25) is 4.79 Å². The Kier molecular flexibility index (Phi) is 7.25. The lowest BCUT2D eigenvalue weighted by Crippen LogP contribution is -2.59. The molecule has 2 N–H and O–H groups in total. The van der Waals surface area contributed by atoms with E-state index in [9.17, 15) is 15.0 Å². The van der Waals surface area contributed by atoms with Crippen LogP contribution in [0.3, 0.4) is 0 Å². The van der Waals surface area contributed by atoms with Crippen molar-refractivity contribution in [2.45, 2.75) is 137 Å². The molecular formula is C32H54O5. The average Bonchev–Trinajstić information content (AvgIpc) is 3.31. The minimum Gasteiger partial charge on any atom is -0.390 e. The summed E-state index contributed by atoms with van der Waals surface area (Å²) in [6.45, 7) is 17.4. The maximum absolute atomic E-state index is 13.7. The van der Waals surface area contributed by atoms with Crippen LogP contribution in [0.15, 0.2) is 0 Å². The SMILES string of the molecule is CC[C@@H](C(C)C)[C@H](O)[C@@H](O)[C@@H](C)[C@H]1CC[C@H]2[C@@H]3CC(=O)[C@H]4C[C@@H]5OC(C)(C)O[C@@H]5C[C@]4(C)[C@H]3CC[C@]12C. The second-order valence-corrected chi connectivity index (χ2v) is 15.1. The number of aliphatic hydroxyl groups excluding tert-OH is 2. The van der Waals surface area contributed by atoms with Crippen molar-refractivity contribution in [2.75, 3.05) is 0 Å². The van der Waals surface area contributed by atoms with Crippen LogP contribution in [0.1, 0.15) is 107 Å². The standard InChI is InChI=1S/C32H54O5/c1-9-19(17(2)3)29(35)28(34)18(4)21-10-11-22-20-14-25(33)24-15-26-27(37-30(5,6)36-26)16-32(24,8)23(20)12-13-31(21,22)7/h17-24,26-29,34-35H,9-16H2,1-8H3/t18-,19-,20-,21+,22-,23-,24+,26-,27+,28-,29-,31+,32+/m0/s1. The number of hydrogen-bond donors (Lipinski definition) is 2. The fraction of sp³-hybridized carbons (Fsp3) is 0.969. The molecule has 37 heavy (non-hydrogen) atoms. The molecule has 0 unspecified atom stereocenters. The predicted molar refractivity (Wildman–Crippen MR) is 145 cm³/mol. The monoisotopic (exact) mass is 518 g/mol. The summed E-state index contributed by atoms with van der Waals surface area (Å²) in [6.07, 6.45) is 6.66. The molecule has 4 aliphatic carbocycles. The lowest BCUT2D eigenvalue weighted by atomic mass is 9.44. The van der Waals surface area contributed by atoms with Gasteiger partial charge in [-0.05, 0) is 105 Å². The molecule has 1 aliphatic heterocycles. The van der Waals surface area contributed by atoms with Crippen LogP contribution in [0, 0.1) is 58.2 Å². The molecule has 13 atom stereocenters. The summed E-state index contributed by atoms with van der Waals surface area (Å²) < 4.78 is 12.6. The smallest absolute Gasteiger partial charge is 0.163 e. The van der Waals surface area contributed by atoms with Crippen molar-refractivity contribution < 1.29 is 24.5 Å². The van der Waals surface area contributed by atoms with Crippen molar-refractivity contribution in [3.05, 3.63) is 0 Å². The highest BCUT2D eigenvalue weighted by atomic mass is 16.7. The molecular weight excluding hydrogens is 464 g/mol. The molecule has 0 aromatic rings. The molecule has 5 nitrogen and oxygen atoms in total. The Bertz CT molecular complexity index is 869. The molecule has 0 bridgehead atoms. The van der Waals surface area contributed by atoms with Crippen molar-refractivity contribution in [2.24, 2.45) is 58.2 Å². The highest BCUT2D eigenvalue weighted by Gasteiger charge is 2.65. The highest BCUT2D eigenvalue weighted by Crippen LogP contribution is 2.68. The summed E-state index contributed by atoms with van der Waals surface area (Å²) >= 11 is 0. The summed E-state index contributed by atoms with van der Waals surface area (Å²) in [5, 5.41) is 22.5. The number of hydrogen-bond acceptors (Lipinski definition) is 5. The Balaban J connectivity index is 1.36. The molecule has 5 aliphatic rings. The number of rotatable bonds is 6. The number of ketones is 1. The van der Waals surface area contributed by atoms with Gasteiger partial charge in [-0.25, -0.2) is 0 Å². The van der Waals surface area contributed by atoms with Crippen LogP contribution in [-0.2, 0) is 14.3 Å². The van der Waals surface area contributed by atoms with Crippen molar-refractivity contribution in [3.8, 4) is 0 Å². The number of carbonyl (C=O) groups is 1. The minimum atomic E-state index is -0.696. The molecule has 0 aromatic carbocycles. The first kappa shape index (κ1) is 28.1. The van der Waals surface area contributed by atoms with E-state index in [1.165, 1.54) is 0 Å². The zero-order valence-corrected chi connectivity index (χ0v) is 24.7. The van der Waals surface area contributed by atoms with Crippen LogP contribution in [-0.4, -0.2) is 46.2 Å². The van der Waals surface area contributed by atoms with Gasteiger partial charge in [0.05, 0.1) is 24.4 Å². The van der Waals surface area contributed by atoms with E-state index in [4.69, 9.17) is 9.47 Å². The van der Waals surface area contributed by atoms with E-state index in [1.807, 2.05) is 13.8 Å². The van der Waals surface area contributed by atoms with Crippen LogP contribution < -0.4 is 0 Å².